The van der Waals surface area contributed by atoms with E-state index < -0.39 is 0 Å². The number of rotatable bonds is 4. The van der Waals surface area contributed by atoms with Gasteiger partial charge in [0.05, 0.1) is 34.6 Å². The van der Waals surface area contributed by atoms with Crippen LogP contribution in [0, 0.1) is 18.3 Å². The summed E-state index contributed by atoms with van der Waals surface area (Å²) in [4.78, 5) is 0. The molecule has 2 rings (SSSR count). The monoisotopic (exact) mass is 335 g/mol. The van der Waals surface area contributed by atoms with E-state index in [0.29, 0.717) is 23.7 Å². The Hall–Kier alpha value is -2.00. The number of methoxy groups -OCH3 is 1. The lowest BCUT2D eigenvalue weighted by Gasteiger charge is -2.09. The third kappa shape index (κ3) is 2.94. The quantitative estimate of drug-likeness (QED) is 0.861. The molecule has 0 saturated heterocycles. The average molecular weight is 336 g/mol. The highest BCUT2D eigenvalue weighted by Gasteiger charge is 2.11. The zero-order valence-electron chi connectivity index (χ0n) is 11.5. The van der Waals surface area contributed by atoms with Crippen LogP contribution < -0.4 is 9.47 Å². The Bertz CT molecular complexity index is 674. The van der Waals surface area contributed by atoms with Crippen LogP contribution in [-0.2, 0) is 13.7 Å². The van der Waals surface area contributed by atoms with Gasteiger partial charge < -0.3 is 9.47 Å². The van der Waals surface area contributed by atoms with Crippen LogP contribution in [0.25, 0.3) is 0 Å². The topological polar surface area (TPSA) is 60.1 Å². The number of aryl methyl sites for hydroxylation is 2. The minimum Gasteiger partial charge on any atom is -0.497 e. The molecular weight excluding hydrogens is 322 g/mol. The molecule has 0 unspecified atom stereocenters. The van der Waals surface area contributed by atoms with E-state index in [1.54, 1.807) is 30.0 Å². The molecule has 0 spiro atoms. The Morgan fingerprint density at radius 3 is 2.60 bits per heavy atom. The van der Waals surface area contributed by atoms with Gasteiger partial charge >= 0.3 is 0 Å². The lowest BCUT2D eigenvalue weighted by atomic mass is 10.2. The second kappa shape index (κ2) is 5.97. The summed E-state index contributed by atoms with van der Waals surface area (Å²) in [5.41, 5.74) is 2.35. The summed E-state index contributed by atoms with van der Waals surface area (Å²) in [6, 6.07) is 7.17. The molecule has 1 heterocycles. The van der Waals surface area contributed by atoms with E-state index in [0.717, 1.165) is 15.9 Å². The van der Waals surface area contributed by atoms with E-state index >= 15 is 0 Å². The fraction of sp³-hybridized carbons (Fsp3) is 0.286. The van der Waals surface area contributed by atoms with Crippen LogP contribution in [0.15, 0.2) is 22.7 Å². The van der Waals surface area contributed by atoms with Crippen LogP contribution >= 0.6 is 15.9 Å². The normalized spacial score (nSPS) is 10.2. The van der Waals surface area contributed by atoms with E-state index in [9.17, 15) is 0 Å². The van der Waals surface area contributed by atoms with Crippen LogP contribution in [0.4, 0.5) is 0 Å². The molecule has 1 aromatic carbocycles. The van der Waals surface area contributed by atoms with E-state index in [4.69, 9.17) is 14.7 Å². The average Bonchev–Trinajstić information content (AvgIpc) is 2.69. The molecule has 0 saturated carbocycles. The van der Waals surface area contributed by atoms with E-state index in [1.165, 1.54) is 0 Å². The molecule has 0 bridgehead atoms. The number of benzene rings is 1. The molecule has 0 fully saturated rings. The number of hydrogen-bond acceptors (Lipinski definition) is 4. The maximum absolute atomic E-state index is 8.98. The van der Waals surface area contributed by atoms with E-state index in [-0.39, 0.29) is 0 Å². The Balaban J connectivity index is 2.21. The molecular formula is C14H14BrN3O2. The Labute approximate surface area is 125 Å². The highest BCUT2D eigenvalue weighted by Crippen LogP contribution is 2.25. The van der Waals surface area contributed by atoms with Gasteiger partial charge in [0, 0.05) is 13.1 Å². The molecule has 0 atom stereocenters. The SMILES string of the molecule is COc1cc(C#N)cc(OCc2c(Br)c(C)nn2C)c1. The first kappa shape index (κ1) is 14.4. The van der Waals surface area contributed by atoms with Crippen molar-refractivity contribution in [2.75, 3.05) is 7.11 Å². The fourth-order valence-electron chi connectivity index (χ4n) is 1.83. The van der Waals surface area contributed by atoms with Gasteiger partial charge in [-0.25, -0.2) is 0 Å². The molecule has 0 N–H and O–H groups in total. The molecule has 5 nitrogen and oxygen atoms in total. The van der Waals surface area contributed by atoms with Crippen molar-refractivity contribution in [2.24, 2.45) is 7.05 Å². The Morgan fingerprint density at radius 1 is 1.35 bits per heavy atom. The summed E-state index contributed by atoms with van der Waals surface area (Å²) < 4.78 is 13.6. The number of halogens is 1. The molecule has 0 amide bonds. The van der Waals surface area contributed by atoms with Crippen molar-refractivity contribution < 1.29 is 9.47 Å². The summed E-state index contributed by atoms with van der Waals surface area (Å²) in [5, 5.41) is 13.3. The number of nitrogens with zero attached hydrogens (tertiary/aromatic N) is 3. The molecule has 0 radical (unpaired) electrons. The highest BCUT2D eigenvalue weighted by molar-refractivity contribution is 9.10. The second-order valence-electron chi connectivity index (χ2n) is 4.27. The Morgan fingerprint density at radius 2 is 2.05 bits per heavy atom. The summed E-state index contributed by atoms with van der Waals surface area (Å²) >= 11 is 3.49. The van der Waals surface area contributed by atoms with Gasteiger partial charge in [-0.1, -0.05) is 0 Å². The third-order valence-electron chi connectivity index (χ3n) is 2.88. The smallest absolute Gasteiger partial charge is 0.131 e. The summed E-state index contributed by atoms with van der Waals surface area (Å²) in [6.45, 7) is 2.28. The summed E-state index contributed by atoms with van der Waals surface area (Å²) in [7, 11) is 3.42. The molecule has 0 aliphatic heterocycles. The van der Waals surface area contributed by atoms with Crippen molar-refractivity contribution in [2.45, 2.75) is 13.5 Å². The lowest BCUT2D eigenvalue weighted by molar-refractivity contribution is 0.292. The largest absolute Gasteiger partial charge is 0.497 e. The molecule has 104 valence electrons. The lowest BCUT2D eigenvalue weighted by Crippen LogP contribution is -2.04. The van der Waals surface area contributed by atoms with Crippen LogP contribution in [0.5, 0.6) is 11.5 Å². The van der Waals surface area contributed by atoms with Gasteiger partial charge in [0.2, 0.25) is 0 Å². The number of nitriles is 1. The van der Waals surface area contributed by atoms with Crippen molar-refractivity contribution in [1.29, 1.82) is 5.26 Å². The van der Waals surface area contributed by atoms with Crippen molar-refractivity contribution in [3.05, 3.63) is 39.6 Å². The van der Waals surface area contributed by atoms with E-state index in [2.05, 4.69) is 27.1 Å². The number of ether oxygens (including phenoxy) is 2. The van der Waals surface area contributed by atoms with Gasteiger partial charge in [-0.15, -0.1) is 0 Å². The molecule has 2 aromatic rings. The molecule has 20 heavy (non-hydrogen) atoms. The second-order valence-corrected chi connectivity index (χ2v) is 5.06. The van der Waals surface area contributed by atoms with Crippen LogP contribution in [-0.4, -0.2) is 16.9 Å². The van der Waals surface area contributed by atoms with Crippen molar-refractivity contribution in [1.82, 2.24) is 9.78 Å². The molecule has 0 aliphatic carbocycles. The maximum Gasteiger partial charge on any atom is 0.131 e. The number of aromatic nitrogens is 2. The molecule has 1 aromatic heterocycles. The van der Waals surface area contributed by atoms with Crippen molar-refractivity contribution in [3.8, 4) is 17.6 Å². The Kier molecular flexibility index (Phi) is 4.30. The first-order valence-electron chi connectivity index (χ1n) is 5.95. The van der Waals surface area contributed by atoms with Gasteiger partial charge in [-0.05, 0) is 35.0 Å². The first-order valence-corrected chi connectivity index (χ1v) is 6.74. The molecule has 0 aliphatic rings. The van der Waals surface area contributed by atoms with Crippen molar-refractivity contribution >= 4 is 15.9 Å². The molecule has 6 heteroatoms. The van der Waals surface area contributed by atoms with Gasteiger partial charge in [0.1, 0.15) is 18.1 Å². The standard InChI is InChI=1S/C14H14BrN3O2/c1-9-14(15)13(18(2)17-9)8-20-12-5-10(7-16)4-11(6-12)19-3/h4-6H,8H2,1-3H3. The van der Waals surface area contributed by atoms with E-state index in [1.807, 2.05) is 14.0 Å². The minimum atomic E-state index is 0.357. The maximum atomic E-state index is 8.98. The number of hydrogen-bond donors (Lipinski definition) is 0. The predicted molar refractivity (Wildman–Crippen MR) is 77.7 cm³/mol. The fourth-order valence-corrected chi connectivity index (χ4v) is 2.28. The van der Waals surface area contributed by atoms with Crippen LogP contribution in [0.2, 0.25) is 0 Å². The van der Waals surface area contributed by atoms with Crippen molar-refractivity contribution in [3.63, 3.8) is 0 Å². The zero-order valence-corrected chi connectivity index (χ0v) is 13.1. The van der Waals surface area contributed by atoms with Gasteiger partial charge in [-0.3, -0.25) is 4.68 Å². The van der Waals surface area contributed by atoms with Crippen LogP contribution in [0.3, 0.4) is 0 Å². The first-order chi connectivity index (χ1) is 9.55. The summed E-state index contributed by atoms with van der Waals surface area (Å²) in [6.07, 6.45) is 0. The summed E-state index contributed by atoms with van der Waals surface area (Å²) in [5.74, 6) is 1.19. The minimum absolute atomic E-state index is 0.357. The highest BCUT2D eigenvalue weighted by atomic mass is 79.9. The van der Waals surface area contributed by atoms with Gasteiger partial charge in [-0.2, -0.15) is 10.4 Å². The third-order valence-corrected chi connectivity index (χ3v) is 3.91. The zero-order chi connectivity index (χ0) is 14.7. The predicted octanol–water partition coefficient (Wildman–Crippen LogP) is 2.95. The van der Waals surface area contributed by atoms with Crippen LogP contribution in [0.1, 0.15) is 17.0 Å². The van der Waals surface area contributed by atoms with Gasteiger partial charge in [0.15, 0.2) is 0 Å². The van der Waals surface area contributed by atoms with Gasteiger partial charge in [0.25, 0.3) is 0 Å².